The van der Waals surface area contributed by atoms with Gasteiger partial charge in [-0.05, 0) is 68.3 Å². The molecule has 0 bridgehead atoms. The van der Waals surface area contributed by atoms with E-state index in [-0.39, 0.29) is 5.82 Å². The maximum atomic E-state index is 13.5. The van der Waals surface area contributed by atoms with Crippen LogP contribution in [0, 0.1) is 24.6 Å². The van der Waals surface area contributed by atoms with Crippen molar-refractivity contribution in [1.29, 1.82) is 0 Å². The second-order valence-corrected chi connectivity index (χ2v) is 6.74. The van der Waals surface area contributed by atoms with Gasteiger partial charge in [-0.25, -0.2) is 4.39 Å². The van der Waals surface area contributed by atoms with Crippen LogP contribution in [0.3, 0.4) is 0 Å². The molecule has 0 aromatic heterocycles. The fraction of sp³-hybridized carbons (Fsp3) is 0.667. The average Bonchev–Trinajstić information content (AvgIpc) is 2.48. The van der Waals surface area contributed by atoms with Crippen molar-refractivity contribution in [3.63, 3.8) is 0 Å². The maximum Gasteiger partial charge on any atom is 0.126 e. The van der Waals surface area contributed by atoms with Crippen LogP contribution in [0.1, 0.15) is 50.3 Å². The highest BCUT2D eigenvalue weighted by atomic mass is 19.1. The number of aliphatic hydroxyl groups is 1. The molecule has 1 aromatic rings. The molecule has 2 nitrogen and oxygen atoms in total. The van der Waals surface area contributed by atoms with E-state index in [1.54, 1.807) is 13.0 Å². The van der Waals surface area contributed by atoms with Crippen molar-refractivity contribution in [3.8, 4) is 0 Å². The number of nitrogens with zero attached hydrogens (tertiary/aromatic N) is 1. The van der Waals surface area contributed by atoms with E-state index in [1.165, 1.54) is 18.9 Å². The van der Waals surface area contributed by atoms with Gasteiger partial charge < -0.3 is 10.0 Å². The smallest absolute Gasteiger partial charge is 0.126 e. The molecule has 0 saturated carbocycles. The van der Waals surface area contributed by atoms with Crippen LogP contribution in [-0.4, -0.2) is 29.6 Å². The molecule has 1 heterocycles. The lowest BCUT2D eigenvalue weighted by molar-refractivity contribution is 0.114. The predicted molar refractivity (Wildman–Crippen MR) is 84.7 cm³/mol. The van der Waals surface area contributed by atoms with Gasteiger partial charge in [-0.2, -0.15) is 0 Å². The number of hydrogen-bond donors (Lipinski definition) is 1. The molecular weight excluding hydrogens is 265 g/mol. The first-order valence-corrected chi connectivity index (χ1v) is 8.14. The Morgan fingerprint density at radius 2 is 1.95 bits per heavy atom. The molecule has 1 aromatic carbocycles. The molecule has 0 spiro atoms. The van der Waals surface area contributed by atoms with Crippen molar-refractivity contribution < 1.29 is 9.50 Å². The molecule has 2 rings (SSSR count). The minimum absolute atomic E-state index is 0.232. The van der Waals surface area contributed by atoms with Gasteiger partial charge >= 0.3 is 0 Å². The number of halogens is 1. The van der Waals surface area contributed by atoms with Gasteiger partial charge in [0.25, 0.3) is 0 Å². The predicted octanol–water partition coefficient (Wildman–Crippen LogP) is 3.93. The first-order chi connectivity index (χ1) is 9.97. The summed E-state index contributed by atoms with van der Waals surface area (Å²) in [5.41, 5.74) is 1.32. The van der Waals surface area contributed by atoms with Crippen LogP contribution in [-0.2, 0) is 0 Å². The molecule has 1 atom stereocenters. The molecule has 1 fully saturated rings. The zero-order chi connectivity index (χ0) is 15.4. The highest BCUT2D eigenvalue weighted by Crippen LogP contribution is 2.25. The summed E-state index contributed by atoms with van der Waals surface area (Å²) in [6.45, 7) is 9.48. The Balaban J connectivity index is 1.79. The first kappa shape index (κ1) is 16.4. The Morgan fingerprint density at radius 3 is 2.52 bits per heavy atom. The third-order valence-corrected chi connectivity index (χ3v) is 4.87. The van der Waals surface area contributed by atoms with Crippen molar-refractivity contribution in [2.24, 2.45) is 11.8 Å². The maximum absolute atomic E-state index is 13.5. The van der Waals surface area contributed by atoms with Gasteiger partial charge in [0, 0.05) is 6.54 Å². The molecule has 1 N–H and O–H groups in total. The highest BCUT2D eigenvalue weighted by Gasteiger charge is 2.22. The van der Waals surface area contributed by atoms with Crippen LogP contribution in [0.15, 0.2) is 18.2 Å². The lowest BCUT2D eigenvalue weighted by Gasteiger charge is -2.34. The molecule has 21 heavy (non-hydrogen) atoms. The van der Waals surface area contributed by atoms with Gasteiger partial charge in [-0.15, -0.1) is 0 Å². The van der Waals surface area contributed by atoms with Crippen molar-refractivity contribution >= 4 is 0 Å². The molecule has 0 aliphatic carbocycles. The lowest BCUT2D eigenvalue weighted by atomic mass is 9.86. The number of hydrogen-bond acceptors (Lipinski definition) is 2. The Labute approximate surface area is 128 Å². The van der Waals surface area contributed by atoms with E-state index < -0.39 is 6.10 Å². The lowest BCUT2D eigenvalue weighted by Crippen LogP contribution is -2.36. The summed E-state index contributed by atoms with van der Waals surface area (Å²) in [5.74, 6) is 1.38. The second kappa shape index (κ2) is 7.37. The number of likely N-dealkylation sites (tertiary alicyclic amines) is 1. The van der Waals surface area contributed by atoms with Crippen LogP contribution < -0.4 is 0 Å². The van der Waals surface area contributed by atoms with Gasteiger partial charge in [-0.3, -0.25) is 0 Å². The van der Waals surface area contributed by atoms with E-state index in [2.05, 4.69) is 18.7 Å². The zero-order valence-corrected chi connectivity index (χ0v) is 13.5. The van der Waals surface area contributed by atoms with Crippen molar-refractivity contribution in [1.82, 2.24) is 4.90 Å². The SMILES string of the molecule is Cc1ccc(C(O)CCN2CCC(C(C)C)CC2)cc1F. The van der Waals surface area contributed by atoms with Gasteiger partial charge in [0.1, 0.15) is 5.82 Å². The minimum Gasteiger partial charge on any atom is -0.388 e. The van der Waals surface area contributed by atoms with Crippen molar-refractivity contribution in [3.05, 3.63) is 35.1 Å². The normalized spacial score (nSPS) is 19.1. The summed E-state index contributed by atoms with van der Waals surface area (Å²) in [4.78, 5) is 2.42. The Kier molecular flexibility index (Phi) is 5.77. The van der Waals surface area contributed by atoms with E-state index in [0.717, 1.165) is 31.5 Å². The van der Waals surface area contributed by atoms with Gasteiger partial charge in [-0.1, -0.05) is 26.0 Å². The molecule has 118 valence electrons. The zero-order valence-electron chi connectivity index (χ0n) is 13.5. The first-order valence-electron chi connectivity index (χ1n) is 8.14. The quantitative estimate of drug-likeness (QED) is 0.889. The topological polar surface area (TPSA) is 23.5 Å². The molecule has 0 radical (unpaired) electrons. The van der Waals surface area contributed by atoms with Crippen molar-refractivity contribution in [2.75, 3.05) is 19.6 Å². The number of aliphatic hydroxyl groups excluding tert-OH is 1. The molecule has 1 aliphatic rings. The third kappa shape index (κ3) is 4.52. The number of piperidine rings is 1. The van der Waals surface area contributed by atoms with Gasteiger partial charge in [0.2, 0.25) is 0 Å². The minimum atomic E-state index is -0.567. The summed E-state index contributed by atoms with van der Waals surface area (Å²) in [7, 11) is 0. The van der Waals surface area contributed by atoms with Crippen molar-refractivity contribution in [2.45, 2.75) is 46.1 Å². The largest absolute Gasteiger partial charge is 0.388 e. The van der Waals surface area contributed by atoms with Crippen LogP contribution in [0.4, 0.5) is 4.39 Å². The molecule has 0 amide bonds. The molecule has 1 saturated heterocycles. The second-order valence-electron chi connectivity index (χ2n) is 6.74. The van der Waals surface area contributed by atoms with Gasteiger partial charge in [0.05, 0.1) is 6.10 Å². The van der Waals surface area contributed by atoms with Crippen LogP contribution in [0.25, 0.3) is 0 Å². The molecule has 1 unspecified atom stereocenters. The standard InChI is InChI=1S/C18H28FNO/c1-13(2)15-6-9-20(10-7-15)11-8-18(21)16-5-4-14(3)17(19)12-16/h4-5,12-13,15,18,21H,6-11H2,1-3H3. The van der Waals surface area contributed by atoms with Crippen LogP contribution in [0.5, 0.6) is 0 Å². The summed E-state index contributed by atoms with van der Waals surface area (Å²) in [6, 6.07) is 5.03. The van der Waals surface area contributed by atoms with Crippen LogP contribution >= 0.6 is 0 Å². The summed E-state index contributed by atoms with van der Waals surface area (Å²) >= 11 is 0. The fourth-order valence-corrected chi connectivity index (χ4v) is 3.13. The average molecular weight is 293 g/mol. The summed E-state index contributed by atoms with van der Waals surface area (Å²) in [6.07, 6.45) is 2.62. The monoisotopic (exact) mass is 293 g/mol. The van der Waals surface area contributed by atoms with E-state index in [9.17, 15) is 9.50 Å². The number of benzene rings is 1. The molecular formula is C18H28FNO. The van der Waals surface area contributed by atoms with Gasteiger partial charge in [0.15, 0.2) is 0 Å². The van der Waals surface area contributed by atoms with E-state index in [0.29, 0.717) is 17.5 Å². The van der Waals surface area contributed by atoms with E-state index in [4.69, 9.17) is 0 Å². The molecule has 1 aliphatic heterocycles. The third-order valence-electron chi connectivity index (χ3n) is 4.87. The number of aryl methyl sites for hydroxylation is 1. The Hall–Kier alpha value is -0.930. The Bertz CT molecular complexity index is 453. The fourth-order valence-electron chi connectivity index (χ4n) is 3.13. The summed E-state index contributed by atoms with van der Waals surface area (Å²) in [5, 5.41) is 10.2. The Morgan fingerprint density at radius 1 is 1.29 bits per heavy atom. The highest BCUT2D eigenvalue weighted by molar-refractivity contribution is 5.24. The summed E-state index contributed by atoms with van der Waals surface area (Å²) < 4.78 is 13.5. The van der Waals surface area contributed by atoms with E-state index >= 15 is 0 Å². The molecule has 3 heteroatoms. The number of rotatable bonds is 5. The van der Waals surface area contributed by atoms with Crippen LogP contribution in [0.2, 0.25) is 0 Å². The van der Waals surface area contributed by atoms with E-state index in [1.807, 2.05) is 6.07 Å².